The smallest absolute Gasteiger partial charge is 0.233 e. The van der Waals surface area contributed by atoms with E-state index in [0.717, 1.165) is 5.03 Å². The second-order valence-corrected chi connectivity index (χ2v) is 7.22. The van der Waals surface area contributed by atoms with Gasteiger partial charge in [-0.3, -0.25) is 4.79 Å². The maximum atomic E-state index is 12.1. The van der Waals surface area contributed by atoms with Crippen LogP contribution in [0.2, 0.25) is 0 Å². The van der Waals surface area contributed by atoms with E-state index < -0.39 is 0 Å². The highest BCUT2D eigenvalue weighted by molar-refractivity contribution is 8.00. The van der Waals surface area contributed by atoms with Crippen LogP contribution in [0.5, 0.6) is 0 Å². The number of amides is 1. The number of nitrogens with one attached hydrogen (secondary N) is 1. The summed E-state index contributed by atoms with van der Waals surface area (Å²) in [4.78, 5) is 16.3. The molecule has 2 unspecified atom stereocenters. The number of aromatic nitrogens is 1. The third kappa shape index (κ3) is 6.39. The van der Waals surface area contributed by atoms with E-state index in [0.29, 0.717) is 13.0 Å². The quantitative estimate of drug-likeness (QED) is 0.759. The lowest BCUT2D eigenvalue weighted by atomic mass is 9.87. The molecule has 0 aliphatic rings. The SMILES string of the molecule is CC(O)CC(C)(C)CNC(=O)C(C)Sc1ccccn1. The van der Waals surface area contributed by atoms with Crippen molar-refractivity contribution in [2.45, 2.75) is 50.5 Å². The normalized spacial score (nSPS) is 14.7. The van der Waals surface area contributed by atoms with Crippen LogP contribution in [0.4, 0.5) is 0 Å². The first-order valence-corrected chi connectivity index (χ1v) is 7.71. The molecule has 1 aromatic heterocycles. The fourth-order valence-electron chi connectivity index (χ4n) is 1.99. The van der Waals surface area contributed by atoms with Gasteiger partial charge in [0.05, 0.1) is 16.4 Å². The minimum absolute atomic E-state index is 0.000629. The first-order chi connectivity index (χ1) is 9.30. The van der Waals surface area contributed by atoms with Gasteiger partial charge in [-0.05, 0) is 37.8 Å². The number of aliphatic hydroxyl groups excluding tert-OH is 1. The topological polar surface area (TPSA) is 62.2 Å². The molecule has 2 N–H and O–H groups in total. The van der Waals surface area contributed by atoms with Crippen LogP contribution >= 0.6 is 11.8 Å². The Morgan fingerprint density at radius 2 is 2.15 bits per heavy atom. The van der Waals surface area contributed by atoms with E-state index in [1.165, 1.54) is 11.8 Å². The van der Waals surface area contributed by atoms with Gasteiger partial charge in [-0.15, -0.1) is 0 Å². The average Bonchev–Trinajstić information content (AvgIpc) is 2.35. The summed E-state index contributed by atoms with van der Waals surface area (Å²) in [5, 5.41) is 13.0. The lowest BCUT2D eigenvalue weighted by Gasteiger charge is -2.27. The van der Waals surface area contributed by atoms with Crippen LogP contribution in [0.3, 0.4) is 0 Å². The molecule has 0 radical (unpaired) electrons. The Hall–Kier alpha value is -1.07. The zero-order valence-corrected chi connectivity index (χ0v) is 13.4. The molecule has 0 fully saturated rings. The number of nitrogens with zero attached hydrogens (tertiary/aromatic N) is 1. The van der Waals surface area contributed by atoms with Gasteiger partial charge in [0, 0.05) is 12.7 Å². The van der Waals surface area contributed by atoms with Gasteiger partial charge in [0.1, 0.15) is 0 Å². The van der Waals surface area contributed by atoms with E-state index in [9.17, 15) is 9.90 Å². The molecule has 0 bridgehead atoms. The van der Waals surface area contributed by atoms with Crippen molar-refractivity contribution < 1.29 is 9.90 Å². The van der Waals surface area contributed by atoms with Crippen LogP contribution in [0.15, 0.2) is 29.4 Å². The number of rotatable bonds is 7. The van der Waals surface area contributed by atoms with Gasteiger partial charge < -0.3 is 10.4 Å². The summed E-state index contributed by atoms with van der Waals surface area (Å²) in [5.74, 6) is -0.000629. The molecule has 1 amide bonds. The zero-order valence-electron chi connectivity index (χ0n) is 12.6. The Labute approximate surface area is 125 Å². The molecular formula is C15H24N2O2S. The predicted molar refractivity (Wildman–Crippen MR) is 82.6 cm³/mol. The molecule has 0 aliphatic heterocycles. The summed E-state index contributed by atoms with van der Waals surface area (Å²) in [6.07, 6.45) is 2.02. The zero-order chi connectivity index (χ0) is 15.2. The Morgan fingerprint density at radius 1 is 1.45 bits per heavy atom. The molecule has 0 aliphatic carbocycles. The molecule has 4 nitrogen and oxygen atoms in total. The maximum absolute atomic E-state index is 12.1. The highest BCUT2D eigenvalue weighted by atomic mass is 32.2. The van der Waals surface area contributed by atoms with Crippen LogP contribution in [-0.2, 0) is 4.79 Å². The van der Waals surface area contributed by atoms with Gasteiger partial charge in [-0.1, -0.05) is 31.7 Å². The Morgan fingerprint density at radius 3 is 2.70 bits per heavy atom. The van der Waals surface area contributed by atoms with Crippen molar-refractivity contribution in [2.24, 2.45) is 5.41 Å². The molecular weight excluding hydrogens is 272 g/mol. The third-order valence-corrected chi connectivity index (χ3v) is 3.94. The van der Waals surface area contributed by atoms with Gasteiger partial charge >= 0.3 is 0 Å². The molecule has 112 valence electrons. The predicted octanol–water partition coefficient (Wildman–Crippen LogP) is 2.48. The molecule has 0 aromatic carbocycles. The summed E-state index contributed by atoms with van der Waals surface area (Å²) in [5.41, 5.74) is -0.112. The number of carbonyl (C=O) groups is 1. The number of hydrogen-bond donors (Lipinski definition) is 2. The lowest BCUT2D eigenvalue weighted by molar-refractivity contribution is -0.120. The molecule has 20 heavy (non-hydrogen) atoms. The second kappa shape index (κ2) is 7.64. The molecule has 1 heterocycles. The van der Waals surface area contributed by atoms with Crippen molar-refractivity contribution in [3.8, 4) is 0 Å². The molecule has 0 spiro atoms. The van der Waals surface area contributed by atoms with Gasteiger partial charge in [0.25, 0.3) is 0 Å². The van der Waals surface area contributed by atoms with E-state index in [-0.39, 0.29) is 22.7 Å². The number of thioether (sulfide) groups is 1. The summed E-state index contributed by atoms with van der Waals surface area (Å²) < 4.78 is 0. The van der Waals surface area contributed by atoms with Crippen molar-refractivity contribution in [2.75, 3.05) is 6.54 Å². The fraction of sp³-hybridized carbons (Fsp3) is 0.600. The molecule has 1 rings (SSSR count). The van der Waals surface area contributed by atoms with E-state index in [4.69, 9.17) is 0 Å². The van der Waals surface area contributed by atoms with Gasteiger partial charge in [0.2, 0.25) is 5.91 Å². The molecule has 5 heteroatoms. The van der Waals surface area contributed by atoms with Crippen molar-refractivity contribution in [1.29, 1.82) is 0 Å². The highest BCUT2D eigenvalue weighted by Crippen LogP contribution is 2.23. The van der Waals surface area contributed by atoms with Crippen LogP contribution < -0.4 is 5.32 Å². The summed E-state index contributed by atoms with van der Waals surface area (Å²) in [7, 11) is 0. The van der Waals surface area contributed by atoms with Crippen molar-refractivity contribution in [3.05, 3.63) is 24.4 Å². The van der Waals surface area contributed by atoms with E-state index in [1.54, 1.807) is 13.1 Å². The minimum atomic E-state index is -0.359. The van der Waals surface area contributed by atoms with Gasteiger partial charge in [0.15, 0.2) is 0 Å². The largest absolute Gasteiger partial charge is 0.393 e. The van der Waals surface area contributed by atoms with E-state index >= 15 is 0 Å². The monoisotopic (exact) mass is 296 g/mol. The first-order valence-electron chi connectivity index (χ1n) is 6.83. The van der Waals surface area contributed by atoms with Crippen molar-refractivity contribution >= 4 is 17.7 Å². The van der Waals surface area contributed by atoms with Gasteiger partial charge in [-0.25, -0.2) is 4.98 Å². The van der Waals surface area contributed by atoms with E-state index in [1.807, 2.05) is 39.0 Å². The van der Waals surface area contributed by atoms with Crippen LogP contribution in [0.25, 0.3) is 0 Å². The summed E-state index contributed by atoms with van der Waals surface area (Å²) >= 11 is 1.44. The summed E-state index contributed by atoms with van der Waals surface area (Å²) in [6, 6.07) is 5.66. The standard InChI is InChI=1S/C15H24N2O2S/c1-11(18)9-15(3,4)10-17-14(19)12(2)20-13-7-5-6-8-16-13/h5-8,11-12,18H,9-10H2,1-4H3,(H,17,19). The molecule has 0 saturated heterocycles. The summed E-state index contributed by atoms with van der Waals surface area (Å²) in [6.45, 7) is 8.27. The third-order valence-electron chi connectivity index (χ3n) is 2.89. The Balaban J connectivity index is 2.42. The number of hydrogen-bond acceptors (Lipinski definition) is 4. The number of carbonyl (C=O) groups excluding carboxylic acids is 1. The first kappa shape index (κ1) is 17.0. The second-order valence-electron chi connectivity index (χ2n) is 5.86. The highest BCUT2D eigenvalue weighted by Gasteiger charge is 2.23. The van der Waals surface area contributed by atoms with Crippen LogP contribution in [0.1, 0.15) is 34.1 Å². The Bertz CT molecular complexity index is 421. The molecule has 2 atom stereocenters. The fourth-order valence-corrected chi connectivity index (χ4v) is 2.82. The lowest BCUT2D eigenvalue weighted by Crippen LogP contribution is -2.39. The van der Waals surface area contributed by atoms with Crippen LogP contribution in [-0.4, -0.2) is 33.9 Å². The van der Waals surface area contributed by atoms with Gasteiger partial charge in [-0.2, -0.15) is 0 Å². The Kier molecular flexibility index (Phi) is 6.49. The maximum Gasteiger partial charge on any atom is 0.233 e. The average molecular weight is 296 g/mol. The van der Waals surface area contributed by atoms with E-state index in [2.05, 4.69) is 10.3 Å². The molecule has 0 saturated carbocycles. The van der Waals surface area contributed by atoms with Crippen molar-refractivity contribution in [1.82, 2.24) is 10.3 Å². The number of pyridine rings is 1. The number of aliphatic hydroxyl groups is 1. The van der Waals surface area contributed by atoms with Crippen molar-refractivity contribution in [3.63, 3.8) is 0 Å². The molecule has 1 aromatic rings. The minimum Gasteiger partial charge on any atom is -0.393 e. The van der Waals surface area contributed by atoms with Crippen LogP contribution in [0, 0.1) is 5.41 Å².